The van der Waals surface area contributed by atoms with Crippen LogP contribution in [0.2, 0.25) is 0 Å². The van der Waals surface area contributed by atoms with Gasteiger partial charge in [-0.25, -0.2) is 0 Å². The van der Waals surface area contributed by atoms with Crippen molar-refractivity contribution in [1.82, 2.24) is 20.3 Å². The largest absolute Gasteiger partial charge is 0.497 e. The summed E-state index contributed by atoms with van der Waals surface area (Å²) in [4.78, 5) is 14.1. The van der Waals surface area contributed by atoms with Gasteiger partial charge in [0, 0.05) is 6.42 Å². The van der Waals surface area contributed by atoms with Crippen LogP contribution in [0.3, 0.4) is 0 Å². The molecular formula is C20H22N4O2. The molecule has 0 aliphatic rings. The molecule has 0 bridgehead atoms. The number of benzene rings is 2. The molecule has 1 atom stereocenters. The van der Waals surface area contributed by atoms with Gasteiger partial charge in [0.1, 0.15) is 5.75 Å². The summed E-state index contributed by atoms with van der Waals surface area (Å²) >= 11 is 0. The molecule has 3 aromatic rings. The Hall–Kier alpha value is -3.15. The van der Waals surface area contributed by atoms with Gasteiger partial charge in [-0.05, 0) is 29.7 Å². The fraction of sp³-hybridized carbons (Fsp3) is 0.250. The lowest BCUT2D eigenvalue weighted by atomic mass is 10.1. The predicted octanol–water partition coefficient (Wildman–Crippen LogP) is 2.78. The Balaban J connectivity index is 1.61. The Labute approximate surface area is 152 Å². The predicted molar refractivity (Wildman–Crippen MR) is 98.7 cm³/mol. The Morgan fingerprint density at radius 3 is 2.42 bits per heavy atom. The van der Waals surface area contributed by atoms with Crippen LogP contribution >= 0.6 is 0 Å². The van der Waals surface area contributed by atoms with Gasteiger partial charge in [0.15, 0.2) is 0 Å². The van der Waals surface area contributed by atoms with Crippen molar-refractivity contribution in [3.05, 3.63) is 78.1 Å². The van der Waals surface area contributed by atoms with E-state index in [0.29, 0.717) is 19.4 Å². The van der Waals surface area contributed by atoms with Gasteiger partial charge < -0.3 is 10.1 Å². The first kappa shape index (κ1) is 17.7. The van der Waals surface area contributed by atoms with Crippen LogP contribution in [0.4, 0.5) is 0 Å². The third kappa shape index (κ3) is 4.92. The Bertz CT molecular complexity index is 802. The molecule has 1 N–H and O–H groups in total. The number of methoxy groups -OCH3 is 1. The summed E-state index contributed by atoms with van der Waals surface area (Å²) in [6.07, 6.45) is 4.36. The summed E-state index contributed by atoms with van der Waals surface area (Å²) in [5.41, 5.74) is 2.13. The smallest absolute Gasteiger partial charge is 0.220 e. The average molecular weight is 350 g/mol. The number of nitrogens with one attached hydrogen (secondary N) is 1. The standard InChI is InChI=1S/C20H22N4O2/c1-26-18-10-7-16(8-11-18)9-12-20(25)23-19(15-24-21-13-14-22-24)17-5-3-2-4-6-17/h2-8,10-11,13-14,19H,9,12,15H2,1H3,(H,23,25). The zero-order chi connectivity index (χ0) is 18.2. The zero-order valence-corrected chi connectivity index (χ0v) is 14.7. The molecule has 1 amide bonds. The highest BCUT2D eigenvalue weighted by Gasteiger charge is 2.16. The topological polar surface area (TPSA) is 69.0 Å². The highest BCUT2D eigenvalue weighted by atomic mass is 16.5. The maximum Gasteiger partial charge on any atom is 0.220 e. The summed E-state index contributed by atoms with van der Waals surface area (Å²) < 4.78 is 5.15. The fourth-order valence-corrected chi connectivity index (χ4v) is 2.74. The van der Waals surface area contributed by atoms with E-state index in [-0.39, 0.29) is 11.9 Å². The van der Waals surface area contributed by atoms with Crippen molar-refractivity contribution in [2.24, 2.45) is 0 Å². The summed E-state index contributed by atoms with van der Waals surface area (Å²) in [5.74, 6) is 0.816. The molecule has 0 radical (unpaired) electrons. The van der Waals surface area contributed by atoms with Gasteiger partial charge in [0.05, 0.1) is 32.1 Å². The number of aromatic nitrogens is 3. The molecular weight excluding hydrogens is 328 g/mol. The maximum absolute atomic E-state index is 12.5. The second-order valence-corrected chi connectivity index (χ2v) is 5.96. The number of carbonyl (C=O) groups excluding carboxylic acids is 1. The van der Waals surface area contributed by atoms with Gasteiger partial charge in [0.2, 0.25) is 5.91 Å². The van der Waals surface area contributed by atoms with E-state index in [1.807, 2.05) is 54.6 Å². The van der Waals surface area contributed by atoms with Gasteiger partial charge >= 0.3 is 0 Å². The van der Waals surface area contributed by atoms with E-state index < -0.39 is 0 Å². The Morgan fingerprint density at radius 2 is 1.77 bits per heavy atom. The summed E-state index contributed by atoms with van der Waals surface area (Å²) in [7, 11) is 1.64. The van der Waals surface area contributed by atoms with Gasteiger partial charge in [-0.3, -0.25) is 4.79 Å². The van der Waals surface area contributed by atoms with E-state index in [9.17, 15) is 4.79 Å². The molecule has 2 aromatic carbocycles. The highest BCUT2D eigenvalue weighted by molar-refractivity contribution is 5.76. The van der Waals surface area contributed by atoms with Gasteiger partial charge in [-0.2, -0.15) is 15.0 Å². The quantitative estimate of drug-likeness (QED) is 0.678. The summed E-state index contributed by atoms with van der Waals surface area (Å²) in [6.45, 7) is 0.491. The maximum atomic E-state index is 12.5. The minimum Gasteiger partial charge on any atom is -0.497 e. The van der Waals surface area contributed by atoms with Crippen molar-refractivity contribution in [1.29, 1.82) is 0 Å². The first-order chi connectivity index (χ1) is 12.7. The Morgan fingerprint density at radius 1 is 1.08 bits per heavy atom. The molecule has 6 heteroatoms. The molecule has 26 heavy (non-hydrogen) atoms. The van der Waals surface area contributed by atoms with E-state index in [0.717, 1.165) is 16.9 Å². The van der Waals surface area contributed by atoms with Crippen LogP contribution in [0.25, 0.3) is 0 Å². The van der Waals surface area contributed by atoms with Crippen molar-refractivity contribution < 1.29 is 9.53 Å². The Kier molecular flexibility index (Phi) is 5.98. The minimum absolute atomic E-state index is 0.00169. The second kappa shape index (κ2) is 8.80. The van der Waals surface area contributed by atoms with Crippen LogP contribution in [-0.2, 0) is 17.8 Å². The van der Waals surface area contributed by atoms with Gasteiger partial charge in [-0.1, -0.05) is 42.5 Å². The van der Waals surface area contributed by atoms with E-state index >= 15 is 0 Å². The summed E-state index contributed by atoms with van der Waals surface area (Å²) in [6, 6.07) is 17.5. The lowest BCUT2D eigenvalue weighted by Gasteiger charge is -2.19. The van der Waals surface area contributed by atoms with Crippen molar-refractivity contribution in [3.63, 3.8) is 0 Å². The zero-order valence-electron chi connectivity index (χ0n) is 14.7. The van der Waals surface area contributed by atoms with Crippen molar-refractivity contribution >= 4 is 5.91 Å². The minimum atomic E-state index is -0.174. The molecule has 6 nitrogen and oxygen atoms in total. The lowest BCUT2D eigenvalue weighted by Crippen LogP contribution is -2.32. The molecule has 1 unspecified atom stereocenters. The monoisotopic (exact) mass is 350 g/mol. The molecule has 134 valence electrons. The number of ether oxygens (including phenoxy) is 1. The molecule has 1 aromatic heterocycles. The lowest BCUT2D eigenvalue weighted by molar-refractivity contribution is -0.121. The van der Waals surface area contributed by atoms with Crippen molar-refractivity contribution in [2.75, 3.05) is 7.11 Å². The van der Waals surface area contributed by atoms with Gasteiger partial charge in [0.25, 0.3) is 0 Å². The molecule has 1 heterocycles. The fourth-order valence-electron chi connectivity index (χ4n) is 2.74. The van der Waals surface area contributed by atoms with Crippen LogP contribution in [0.1, 0.15) is 23.6 Å². The highest BCUT2D eigenvalue weighted by Crippen LogP contribution is 2.16. The third-order valence-electron chi connectivity index (χ3n) is 4.15. The number of carbonyl (C=O) groups is 1. The number of nitrogens with zero attached hydrogens (tertiary/aromatic N) is 3. The van der Waals surface area contributed by atoms with E-state index in [1.54, 1.807) is 24.3 Å². The number of aryl methyl sites for hydroxylation is 1. The van der Waals surface area contributed by atoms with E-state index in [4.69, 9.17) is 4.74 Å². The van der Waals surface area contributed by atoms with Crippen molar-refractivity contribution in [3.8, 4) is 5.75 Å². The average Bonchev–Trinajstić information content (AvgIpc) is 3.20. The molecule has 0 aliphatic carbocycles. The third-order valence-corrected chi connectivity index (χ3v) is 4.15. The summed E-state index contributed by atoms with van der Waals surface area (Å²) in [5, 5.41) is 11.4. The number of hydrogen-bond donors (Lipinski definition) is 1. The molecule has 0 fully saturated rings. The second-order valence-electron chi connectivity index (χ2n) is 5.96. The SMILES string of the molecule is COc1ccc(CCC(=O)NC(Cn2nccn2)c2ccccc2)cc1. The number of amides is 1. The van der Waals surface area contributed by atoms with Crippen molar-refractivity contribution in [2.45, 2.75) is 25.4 Å². The molecule has 0 saturated carbocycles. The molecule has 0 spiro atoms. The van der Waals surface area contributed by atoms with Crippen LogP contribution < -0.4 is 10.1 Å². The molecule has 3 rings (SSSR count). The molecule has 0 aliphatic heterocycles. The molecule has 0 saturated heterocycles. The van der Waals surface area contributed by atoms with Crippen LogP contribution in [0.5, 0.6) is 5.75 Å². The number of rotatable bonds is 8. The normalized spacial score (nSPS) is 11.7. The van der Waals surface area contributed by atoms with E-state index in [2.05, 4.69) is 15.5 Å². The van der Waals surface area contributed by atoms with Gasteiger partial charge in [-0.15, -0.1) is 0 Å². The number of hydrogen-bond acceptors (Lipinski definition) is 4. The first-order valence-corrected chi connectivity index (χ1v) is 8.56. The van der Waals surface area contributed by atoms with E-state index in [1.165, 1.54) is 0 Å². The van der Waals surface area contributed by atoms with Crippen LogP contribution in [-0.4, -0.2) is 28.0 Å². The first-order valence-electron chi connectivity index (χ1n) is 8.56. The van der Waals surface area contributed by atoms with Crippen LogP contribution in [0, 0.1) is 0 Å². The van der Waals surface area contributed by atoms with Crippen LogP contribution in [0.15, 0.2) is 67.0 Å².